The topological polar surface area (TPSA) is 63.2 Å². The van der Waals surface area contributed by atoms with E-state index in [0.717, 1.165) is 30.2 Å². The molecule has 2 unspecified atom stereocenters. The Hall–Kier alpha value is -1.35. The van der Waals surface area contributed by atoms with Gasteiger partial charge in [-0.15, -0.1) is 24.0 Å². The van der Waals surface area contributed by atoms with Crippen molar-refractivity contribution in [2.45, 2.75) is 53.4 Å². The molecule has 1 saturated heterocycles. The SMILES string of the molecule is CCNC(=NCc1cccc(COC(C)(C)C)c1)N1CC(C)C(C(=O)OC)C1.I. The van der Waals surface area contributed by atoms with Crippen LogP contribution in [0.3, 0.4) is 0 Å². The van der Waals surface area contributed by atoms with Crippen molar-refractivity contribution in [2.24, 2.45) is 16.8 Å². The van der Waals surface area contributed by atoms with Gasteiger partial charge in [0.2, 0.25) is 0 Å². The monoisotopic (exact) mass is 517 g/mol. The number of ether oxygens (including phenoxy) is 2. The number of hydrogen-bond donors (Lipinski definition) is 1. The number of likely N-dealkylation sites (tertiary alicyclic amines) is 1. The maximum absolute atomic E-state index is 12.0. The standard InChI is InChI=1S/C22H35N3O3.HI/c1-7-23-21(25-13-16(2)19(14-25)20(26)27-6)24-12-17-9-8-10-18(11-17)15-28-22(3,4)5;/h8-11,16,19H,7,12-15H2,1-6H3,(H,23,24);1H. The molecule has 2 atom stereocenters. The van der Waals surface area contributed by atoms with Crippen molar-refractivity contribution in [1.29, 1.82) is 0 Å². The van der Waals surface area contributed by atoms with Crippen LogP contribution in [0.25, 0.3) is 0 Å². The number of rotatable bonds is 6. The number of guanidine groups is 1. The summed E-state index contributed by atoms with van der Waals surface area (Å²) in [6.07, 6.45) is 0. The first-order valence-corrected chi connectivity index (χ1v) is 10.1. The second kappa shape index (κ2) is 11.7. The van der Waals surface area contributed by atoms with Crippen LogP contribution in [0.2, 0.25) is 0 Å². The Morgan fingerprint density at radius 3 is 2.59 bits per heavy atom. The molecule has 1 aliphatic heterocycles. The second-order valence-electron chi connectivity index (χ2n) is 8.40. The molecule has 1 fully saturated rings. The first-order valence-electron chi connectivity index (χ1n) is 10.1. The Morgan fingerprint density at radius 1 is 1.28 bits per heavy atom. The van der Waals surface area contributed by atoms with Gasteiger partial charge in [-0.25, -0.2) is 4.99 Å². The molecule has 1 N–H and O–H groups in total. The summed E-state index contributed by atoms with van der Waals surface area (Å²) >= 11 is 0. The number of nitrogens with zero attached hydrogens (tertiary/aromatic N) is 2. The first-order chi connectivity index (χ1) is 13.2. The Labute approximate surface area is 192 Å². The quantitative estimate of drug-likeness (QED) is 0.269. The van der Waals surface area contributed by atoms with E-state index in [4.69, 9.17) is 14.5 Å². The molecule has 1 heterocycles. The maximum atomic E-state index is 12.0. The third-order valence-electron chi connectivity index (χ3n) is 4.83. The predicted octanol–water partition coefficient (Wildman–Crippen LogP) is 3.83. The molecule has 0 amide bonds. The highest BCUT2D eigenvalue weighted by atomic mass is 127. The summed E-state index contributed by atoms with van der Waals surface area (Å²) in [5, 5.41) is 3.35. The van der Waals surface area contributed by atoms with Gasteiger partial charge in [0.1, 0.15) is 0 Å². The molecular weight excluding hydrogens is 481 g/mol. The first kappa shape index (κ1) is 25.7. The summed E-state index contributed by atoms with van der Waals surface area (Å²) in [5.74, 6) is 0.843. The summed E-state index contributed by atoms with van der Waals surface area (Å²) in [4.78, 5) is 18.9. The largest absolute Gasteiger partial charge is 0.469 e. The highest BCUT2D eigenvalue weighted by Gasteiger charge is 2.36. The minimum absolute atomic E-state index is 0. The fourth-order valence-electron chi connectivity index (χ4n) is 3.31. The van der Waals surface area contributed by atoms with Crippen LogP contribution in [-0.4, -0.2) is 49.2 Å². The lowest BCUT2D eigenvalue weighted by Gasteiger charge is -2.21. The van der Waals surface area contributed by atoms with Crippen LogP contribution in [0.4, 0.5) is 0 Å². The molecule has 1 aromatic carbocycles. The zero-order chi connectivity index (χ0) is 20.7. The van der Waals surface area contributed by atoms with Crippen molar-refractivity contribution < 1.29 is 14.3 Å². The van der Waals surface area contributed by atoms with E-state index in [0.29, 0.717) is 19.7 Å². The average molecular weight is 517 g/mol. The smallest absolute Gasteiger partial charge is 0.310 e. The van der Waals surface area contributed by atoms with Crippen molar-refractivity contribution >= 4 is 35.9 Å². The van der Waals surface area contributed by atoms with Gasteiger partial charge in [-0.2, -0.15) is 0 Å². The van der Waals surface area contributed by atoms with E-state index in [2.05, 4.69) is 63.0 Å². The third kappa shape index (κ3) is 8.12. The molecule has 7 heteroatoms. The predicted molar refractivity (Wildman–Crippen MR) is 127 cm³/mol. The molecule has 2 rings (SSSR count). The van der Waals surface area contributed by atoms with Crippen molar-refractivity contribution in [3.63, 3.8) is 0 Å². The lowest BCUT2D eigenvalue weighted by Crippen LogP contribution is -2.40. The Kier molecular flexibility index (Phi) is 10.4. The van der Waals surface area contributed by atoms with E-state index in [1.54, 1.807) is 0 Å². The molecule has 0 spiro atoms. The Balaban J connectivity index is 0.00000420. The molecule has 1 aliphatic rings. The van der Waals surface area contributed by atoms with Gasteiger partial charge >= 0.3 is 5.97 Å². The number of benzene rings is 1. The second-order valence-corrected chi connectivity index (χ2v) is 8.40. The van der Waals surface area contributed by atoms with E-state index in [1.165, 1.54) is 7.11 Å². The van der Waals surface area contributed by atoms with Gasteiger partial charge in [0, 0.05) is 19.6 Å². The number of nitrogens with one attached hydrogen (secondary N) is 1. The minimum Gasteiger partial charge on any atom is -0.469 e. The third-order valence-corrected chi connectivity index (χ3v) is 4.83. The van der Waals surface area contributed by atoms with E-state index < -0.39 is 0 Å². The number of carbonyl (C=O) groups excluding carboxylic acids is 1. The highest BCUT2D eigenvalue weighted by molar-refractivity contribution is 14.0. The Morgan fingerprint density at radius 2 is 1.97 bits per heavy atom. The van der Waals surface area contributed by atoms with E-state index in [-0.39, 0.29) is 47.4 Å². The number of aliphatic imine (C=N–C) groups is 1. The van der Waals surface area contributed by atoms with Crippen LogP contribution in [-0.2, 0) is 27.4 Å². The van der Waals surface area contributed by atoms with Gasteiger partial charge in [0.25, 0.3) is 0 Å². The fraction of sp³-hybridized carbons (Fsp3) is 0.636. The lowest BCUT2D eigenvalue weighted by molar-refractivity contribution is -0.145. The summed E-state index contributed by atoms with van der Waals surface area (Å²) < 4.78 is 10.8. The van der Waals surface area contributed by atoms with E-state index in [9.17, 15) is 4.79 Å². The zero-order valence-electron chi connectivity index (χ0n) is 18.5. The van der Waals surface area contributed by atoms with Crippen LogP contribution in [0.1, 0.15) is 45.7 Å². The average Bonchev–Trinajstić information content (AvgIpc) is 3.04. The van der Waals surface area contributed by atoms with Crippen LogP contribution < -0.4 is 5.32 Å². The number of methoxy groups -OCH3 is 1. The van der Waals surface area contributed by atoms with Crippen molar-refractivity contribution in [3.05, 3.63) is 35.4 Å². The number of carbonyl (C=O) groups is 1. The highest BCUT2D eigenvalue weighted by Crippen LogP contribution is 2.24. The van der Waals surface area contributed by atoms with Crippen molar-refractivity contribution in [1.82, 2.24) is 10.2 Å². The summed E-state index contributed by atoms with van der Waals surface area (Å²) in [7, 11) is 1.45. The lowest BCUT2D eigenvalue weighted by atomic mass is 9.99. The van der Waals surface area contributed by atoms with Gasteiger partial charge < -0.3 is 19.7 Å². The van der Waals surface area contributed by atoms with Crippen molar-refractivity contribution in [2.75, 3.05) is 26.7 Å². The molecule has 0 aromatic heterocycles. The van der Waals surface area contributed by atoms with E-state index in [1.807, 2.05) is 6.07 Å². The van der Waals surface area contributed by atoms with Crippen molar-refractivity contribution in [3.8, 4) is 0 Å². The molecular formula is C22H36IN3O3. The summed E-state index contributed by atoms with van der Waals surface area (Å²) in [6, 6.07) is 8.35. The molecule has 29 heavy (non-hydrogen) atoms. The minimum atomic E-state index is -0.158. The van der Waals surface area contributed by atoms with Crippen LogP contribution in [0, 0.1) is 11.8 Å². The summed E-state index contributed by atoms with van der Waals surface area (Å²) in [6.45, 7) is 13.7. The maximum Gasteiger partial charge on any atom is 0.310 e. The number of esters is 1. The molecule has 164 valence electrons. The molecule has 0 aliphatic carbocycles. The Bertz CT molecular complexity index is 688. The van der Waals surface area contributed by atoms with Gasteiger partial charge in [0.05, 0.1) is 31.8 Å². The molecule has 6 nitrogen and oxygen atoms in total. The molecule has 0 saturated carbocycles. The van der Waals surface area contributed by atoms with Crippen LogP contribution in [0.5, 0.6) is 0 Å². The van der Waals surface area contributed by atoms with Gasteiger partial charge in [-0.05, 0) is 44.7 Å². The molecule has 0 bridgehead atoms. The van der Waals surface area contributed by atoms with Crippen LogP contribution >= 0.6 is 24.0 Å². The number of halogens is 1. The van der Waals surface area contributed by atoms with Crippen LogP contribution in [0.15, 0.2) is 29.3 Å². The molecule has 0 radical (unpaired) electrons. The van der Waals surface area contributed by atoms with Gasteiger partial charge in [-0.1, -0.05) is 31.2 Å². The van der Waals surface area contributed by atoms with Gasteiger partial charge in [0.15, 0.2) is 5.96 Å². The zero-order valence-corrected chi connectivity index (χ0v) is 20.9. The molecule has 1 aromatic rings. The van der Waals surface area contributed by atoms with E-state index >= 15 is 0 Å². The summed E-state index contributed by atoms with van der Waals surface area (Å²) in [5.41, 5.74) is 2.13. The van der Waals surface area contributed by atoms with Gasteiger partial charge in [-0.3, -0.25) is 4.79 Å². The number of hydrogen-bond acceptors (Lipinski definition) is 4. The fourth-order valence-corrected chi connectivity index (χ4v) is 3.31. The normalized spacial score (nSPS) is 19.7.